The maximum atomic E-state index is 12.6. The molecule has 172 valence electrons. The molecule has 0 aromatic heterocycles. The van der Waals surface area contributed by atoms with Gasteiger partial charge in [0, 0.05) is 32.6 Å². The molecule has 2 aliphatic rings. The number of hydrogen-bond acceptors (Lipinski definition) is 5. The zero-order chi connectivity index (χ0) is 22.3. The Morgan fingerprint density at radius 2 is 1.88 bits per heavy atom. The van der Waals surface area contributed by atoms with E-state index in [-0.39, 0.29) is 11.9 Å². The highest BCUT2D eigenvalue weighted by Gasteiger charge is 2.23. The van der Waals surface area contributed by atoms with E-state index in [0.717, 1.165) is 69.9 Å². The molecule has 2 aromatic rings. The summed E-state index contributed by atoms with van der Waals surface area (Å²) in [6.45, 7) is 4.95. The number of carbonyl (C=O) groups excluding carboxylic acids is 1. The molecule has 1 unspecified atom stereocenters. The van der Waals surface area contributed by atoms with E-state index in [1.165, 1.54) is 16.8 Å². The van der Waals surface area contributed by atoms with Crippen molar-refractivity contribution < 1.29 is 14.3 Å². The van der Waals surface area contributed by atoms with E-state index in [1.54, 1.807) is 14.2 Å². The van der Waals surface area contributed by atoms with Crippen molar-refractivity contribution in [3.8, 4) is 11.5 Å². The largest absolute Gasteiger partial charge is 0.497 e. The quantitative estimate of drug-likeness (QED) is 0.681. The lowest BCUT2D eigenvalue weighted by Gasteiger charge is -2.36. The van der Waals surface area contributed by atoms with Crippen LogP contribution in [-0.4, -0.2) is 57.8 Å². The first-order chi connectivity index (χ1) is 15.7. The average Bonchev–Trinajstić information content (AvgIpc) is 2.84. The van der Waals surface area contributed by atoms with Gasteiger partial charge >= 0.3 is 0 Å². The summed E-state index contributed by atoms with van der Waals surface area (Å²) in [5.41, 5.74) is 3.71. The fraction of sp³-hybridized carbons (Fsp3) is 0.500. The second-order valence-electron chi connectivity index (χ2n) is 8.68. The molecule has 1 N–H and O–H groups in total. The number of piperazine rings is 1. The Balaban J connectivity index is 1.20. The summed E-state index contributed by atoms with van der Waals surface area (Å²) in [5.74, 6) is 1.98. The lowest BCUT2D eigenvalue weighted by atomic mass is 9.87. The Morgan fingerprint density at radius 1 is 1.06 bits per heavy atom. The summed E-state index contributed by atoms with van der Waals surface area (Å²) in [5, 5.41) is 3.27. The predicted molar refractivity (Wildman–Crippen MR) is 128 cm³/mol. The van der Waals surface area contributed by atoms with Gasteiger partial charge in [-0.2, -0.15) is 0 Å². The first kappa shape index (κ1) is 22.5. The molecule has 6 heteroatoms. The molecule has 1 heterocycles. The van der Waals surface area contributed by atoms with Crippen LogP contribution >= 0.6 is 0 Å². The summed E-state index contributed by atoms with van der Waals surface area (Å²) < 4.78 is 10.9. The number of nitrogens with zero attached hydrogens (tertiary/aromatic N) is 2. The first-order valence-corrected chi connectivity index (χ1v) is 11.7. The summed E-state index contributed by atoms with van der Waals surface area (Å²) in [7, 11) is 3.42. The number of ether oxygens (including phenoxy) is 2. The molecule has 1 saturated heterocycles. The molecule has 1 aliphatic carbocycles. The molecule has 0 bridgehead atoms. The number of fused-ring (bicyclic) bond motifs is 1. The number of aryl methyl sites for hydroxylation is 1. The summed E-state index contributed by atoms with van der Waals surface area (Å²) in [6, 6.07) is 14.5. The molecular weight excluding hydrogens is 402 g/mol. The zero-order valence-corrected chi connectivity index (χ0v) is 19.3. The Hall–Kier alpha value is -2.73. The van der Waals surface area contributed by atoms with E-state index in [9.17, 15) is 4.79 Å². The molecule has 1 atom stereocenters. The van der Waals surface area contributed by atoms with Crippen molar-refractivity contribution in [3.05, 3.63) is 53.6 Å². The van der Waals surface area contributed by atoms with Gasteiger partial charge in [0.15, 0.2) is 0 Å². The topological polar surface area (TPSA) is 54.0 Å². The second kappa shape index (κ2) is 10.7. The third kappa shape index (κ3) is 5.36. The molecule has 4 rings (SSSR count). The minimum Gasteiger partial charge on any atom is -0.497 e. The van der Waals surface area contributed by atoms with Gasteiger partial charge in [-0.25, -0.2) is 0 Å². The van der Waals surface area contributed by atoms with Gasteiger partial charge in [0.2, 0.25) is 5.91 Å². The van der Waals surface area contributed by atoms with Crippen molar-refractivity contribution in [1.82, 2.24) is 10.2 Å². The third-order valence-electron chi connectivity index (χ3n) is 6.68. The average molecular weight is 438 g/mol. The number of nitrogens with one attached hydrogen (secondary N) is 1. The summed E-state index contributed by atoms with van der Waals surface area (Å²) in [6.07, 6.45) is 4.63. The van der Waals surface area contributed by atoms with Crippen molar-refractivity contribution in [1.29, 1.82) is 0 Å². The number of benzene rings is 2. The summed E-state index contributed by atoms with van der Waals surface area (Å²) in [4.78, 5) is 17.5. The van der Waals surface area contributed by atoms with Crippen LogP contribution in [0.2, 0.25) is 0 Å². The normalized spacial score (nSPS) is 18.7. The van der Waals surface area contributed by atoms with Crippen LogP contribution in [0.15, 0.2) is 42.5 Å². The number of anilines is 1. The number of amides is 1. The Labute approximate surface area is 191 Å². The predicted octanol–water partition coefficient (Wildman–Crippen LogP) is 3.80. The fourth-order valence-electron chi connectivity index (χ4n) is 4.90. The highest BCUT2D eigenvalue weighted by atomic mass is 16.5. The Morgan fingerprint density at radius 3 is 2.66 bits per heavy atom. The highest BCUT2D eigenvalue weighted by molar-refractivity contribution is 5.76. The minimum absolute atomic E-state index is 0.126. The minimum atomic E-state index is 0.126. The molecule has 1 fully saturated rings. The second-order valence-corrected chi connectivity index (χ2v) is 8.68. The van der Waals surface area contributed by atoms with Crippen molar-refractivity contribution >= 4 is 11.6 Å². The molecule has 1 aliphatic heterocycles. The highest BCUT2D eigenvalue weighted by Crippen LogP contribution is 2.32. The molecule has 32 heavy (non-hydrogen) atoms. The maximum absolute atomic E-state index is 12.6. The van der Waals surface area contributed by atoms with Crippen molar-refractivity contribution in [2.75, 3.05) is 51.8 Å². The fourth-order valence-corrected chi connectivity index (χ4v) is 4.90. The standard InChI is InChI=1S/C26H35N3O3/c1-31-21-12-13-22-20(19-21)7-5-8-23(22)27-26(30)11-6-14-28-15-17-29(18-16-28)24-9-3-4-10-25(24)32-2/h3-4,9-10,12-13,19,23H,5-8,11,14-18H2,1-2H3,(H,27,30). The molecular formula is C26H35N3O3. The molecule has 0 saturated carbocycles. The number of carbonyl (C=O) groups is 1. The summed E-state index contributed by atoms with van der Waals surface area (Å²) >= 11 is 0. The van der Waals surface area contributed by atoms with Crippen LogP contribution in [0.25, 0.3) is 0 Å². The number of para-hydroxylation sites is 2. The smallest absolute Gasteiger partial charge is 0.220 e. The van der Waals surface area contributed by atoms with Crippen molar-refractivity contribution in [2.45, 2.75) is 38.1 Å². The van der Waals surface area contributed by atoms with E-state index in [4.69, 9.17) is 9.47 Å². The van der Waals surface area contributed by atoms with E-state index in [1.807, 2.05) is 18.2 Å². The Kier molecular flexibility index (Phi) is 7.53. The first-order valence-electron chi connectivity index (χ1n) is 11.7. The zero-order valence-electron chi connectivity index (χ0n) is 19.3. The molecule has 2 aromatic carbocycles. The number of hydrogen-bond donors (Lipinski definition) is 1. The van der Waals surface area contributed by atoms with Crippen LogP contribution < -0.4 is 19.7 Å². The molecule has 0 radical (unpaired) electrons. The van der Waals surface area contributed by atoms with E-state index in [0.29, 0.717) is 6.42 Å². The van der Waals surface area contributed by atoms with Crippen molar-refractivity contribution in [2.24, 2.45) is 0 Å². The van der Waals surface area contributed by atoms with Gasteiger partial charge in [-0.1, -0.05) is 18.2 Å². The van der Waals surface area contributed by atoms with Crippen LogP contribution in [0, 0.1) is 0 Å². The maximum Gasteiger partial charge on any atom is 0.220 e. The van der Waals surface area contributed by atoms with Gasteiger partial charge in [-0.3, -0.25) is 9.69 Å². The van der Waals surface area contributed by atoms with Crippen LogP contribution in [-0.2, 0) is 11.2 Å². The monoisotopic (exact) mass is 437 g/mol. The van der Waals surface area contributed by atoms with Gasteiger partial charge < -0.3 is 19.7 Å². The van der Waals surface area contributed by atoms with E-state index < -0.39 is 0 Å². The van der Waals surface area contributed by atoms with Crippen LogP contribution in [0.1, 0.15) is 42.9 Å². The van der Waals surface area contributed by atoms with Gasteiger partial charge in [0.1, 0.15) is 11.5 Å². The van der Waals surface area contributed by atoms with Gasteiger partial charge in [-0.05, 0) is 67.6 Å². The third-order valence-corrected chi connectivity index (χ3v) is 6.68. The lowest BCUT2D eigenvalue weighted by Crippen LogP contribution is -2.46. The van der Waals surface area contributed by atoms with Crippen LogP contribution in [0.3, 0.4) is 0 Å². The molecule has 0 spiro atoms. The van der Waals surface area contributed by atoms with Gasteiger partial charge in [0.05, 0.1) is 25.9 Å². The Bertz CT molecular complexity index is 909. The van der Waals surface area contributed by atoms with E-state index >= 15 is 0 Å². The molecule has 1 amide bonds. The van der Waals surface area contributed by atoms with Crippen LogP contribution in [0.5, 0.6) is 11.5 Å². The van der Waals surface area contributed by atoms with Gasteiger partial charge in [-0.15, -0.1) is 0 Å². The SMILES string of the molecule is COc1ccc2c(c1)CCCC2NC(=O)CCCN1CCN(c2ccccc2OC)CC1. The molecule has 6 nitrogen and oxygen atoms in total. The lowest BCUT2D eigenvalue weighted by molar-refractivity contribution is -0.122. The van der Waals surface area contributed by atoms with Gasteiger partial charge in [0.25, 0.3) is 0 Å². The van der Waals surface area contributed by atoms with E-state index in [2.05, 4.69) is 39.4 Å². The number of methoxy groups -OCH3 is 2. The van der Waals surface area contributed by atoms with Crippen LogP contribution in [0.4, 0.5) is 5.69 Å². The van der Waals surface area contributed by atoms with Crippen molar-refractivity contribution in [3.63, 3.8) is 0 Å². The number of rotatable bonds is 8.